The van der Waals surface area contributed by atoms with Crippen LogP contribution in [0.25, 0.3) is 0 Å². The molecule has 0 bridgehead atoms. The number of hydrogen-bond donors (Lipinski definition) is 1. The molecule has 1 aromatic heterocycles. The molecule has 0 aliphatic carbocycles. The first-order chi connectivity index (χ1) is 14.8. The van der Waals surface area contributed by atoms with Crippen LogP contribution in [-0.2, 0) is 16.1 Å². The third-order valence-corrected chi connectivity index (χ3v) is 4.49. The summed E-state index contributed by atoms with van der Waals surface area (Å²) in [5, 5.41) is 8.77. The van der Waals surface area contributed by atoms with Gasteiger partial charge in [-0.05, 0) is 24.1 Å². The lowest BCUT2D eigenvalue weighted by Gasteiger charge is -2.36. The molecule has 10 heteroatoms. The fraction of sp³-hybridized carbons (Fsp3) is 0.333. The standard InChI is InChI=1S/C21H21F3N2O5/c22-21(23,24)31-18-6-4-15(5-7-18)13-30-19-10-17(11-25-12-19)26-8-9-29-14-16(26)2-1-3-20(27)28/h1,3-7,10-12,16H,2,8-9,13-14H2,(H,27,28)/b3-1+. The molecular formula is C21H21F3N2O5. The molecular weight excluding hydrogens is 417 g/mol. The zero-order valence-corrected chi connectivity index (χ0v) is 16.4. The summed E-state index contributed by atoms with van der Waals surface area (Å²) in [4.78, 5) is 17.0. The average Bonchev–Trinajstić information content (AvgIpc) is 2.72. The van der Waals surface area contributed by atoms with Gasteiger partial charge in [-0.2, -0.15) is 0 Å². The number of hydrogen-bond acceptors (Lipinski definition) is 6. The lowest BCUT2D eigenvalue weighted by atomic mass is 10.1. The molecule has 7 nitrogen and oxygen atoms in total. The van der Waals surface area contributed by atoms with E-state index in [9.17, 15) is 18.0 Å². The Morgan fingerprint density at radius 1 is 1.26 bits per heavy atom. The highest BCUT2D eigenvalue weighted by atomic mass is 19.4. The van der Waals surface area contributed by atoms with Crippen molar-refractivity contribution in [3.05, 3.63) is 60.4 Å². The van der Waals surface area contributed by atoms with Crippen molar-refractivity contribution in [2.24, 2.45) is 0 Å². The SMILES string of the molecule is O=C(O)/C=C/CC1COCCN1c1cncc(OCc2ccc(OC(F)(F)F)cc2)c1. The normalized spacial score (nSPS) is 17.0. The Morgan fingerprint density at radius 2 is 2.03 bits per heavy atom. The molecule has 1 aliphatic rings. The summed E-state index contributed by atoms with van der Waals surface area (Å²) in [6.45, 7) is 1.76. The van der Waals surface area contributed by atoms with Crippen molar-refractivity contribution in [3.8, 4) is 11.5 Å². The van der Waals surface area contributed by atoms with Crippen molar-refractivity contribution in [1.82, 2.24) is 4.98 Å². The highest BCUT2D eigenvalue weighted by Gasteiger charge is 2.31. The summed E-state index contributed by atoms with van der Waals surface area (Å²) in [6, 6.07) is 7.21. The van der Waals surface area contributed by atoms with Gasteiger partial charge in [0, 0.05) is 18.7 Å². The monoisotopic (exact) mass is 438 g/mol. The summed E-state index contributed by atoms with van der Waals surface area (Å²) in [7, 11) is 0. The Balaban J connectivity index is 1.62. The Labute approximate surface area is 176 Å². The third kappa shape index (κ3) is 7.18. The number of rotatable bonds is 8. The van der Waals surface area contributed by atoms with E-state index in [4.69, 9.17) is 14.6 Å². The van der Waals surface area contributed by atoms with Crippen LogP contribution in [0, 0.1) is 0 Å². The minimum Gasteiger partial charge on any atom is -0.487 e. The van der Waals surface area contributed by atoms with Gasteiger partial charge in [0.1, 0.15) is 18.1 Å². The smallest absolute Gasteiger partial charge is 0.487 e. The number of halogens is 3. The fourth-order valence-corrected chi connectivity index (χ4v) is 3.11. The van der Waals surface area contributed by atoms with Gasteiger partial charge in [0.25, 0.3) is 0 Å². The molecule has 1 aliphatic heterocycles. The van der Waals surface area contributed by atoms with Crippen LogP contribution in [0.1, 0.15) is 12.0 Å². The number of carbonyl (C=O) groups is 1. The Bertz CT molecular complexity index is 903. The molecule has 1 unspecified atom stereocenters. The predicted octanol–water partition coefficient (Wildman–Crippen LogP) is 3.80. The molecule has 2 heterocycles. The van der Waals surface area contributed by atoms with E-state index in [0.29, 0.717) is 37.5 Å². The van der Waals surface area contributed by atoms with Crippen LogP contribution in [0.4, 0.5) is 18.9 Å². The molecule has 31 heavy (non-hydrogen) atoms. The molecule has 0 radical (unpaired) electrons. The highest BCUT2D eigenvalue weighted by molar-refractivity contribution is 5.79. The average molecular weight is 438 g/mol. The van der Waals surface area contributed by atoms with Crippen molar-refractivity contribution in [3.63, 3.8) is 0 Å². The lowest BCUT2D eigenvalue weighted by molar-refractivity contribution is -0.274. The molecule has 0 spiro atoms. The van der Waals surface area contributed by atoms with Crippen LogP contribution in [-0.4, -0.2) is 48.2 Å². The van der Waals surface area contributed by atoms with Crippen molar-refractivity contribution >= 4 is 11.7 Å². The molecule has 3 rings (SSSR count). The maximum Gasteiger partial charge on any atom is 0.573 e. The number of pyridine rings is 1. The van der Waals surface area contributed by atoms with Crippen LogP contribution >= 0.6 is 0 Å². The fourth-order valence-electron chi connectivity index (χ4n) is 3.11. The number of anilines is 1. The summed E-state index contributed by atoms with van der Waals surface area (Å²) >= 11 is 0. The number of nitrogens with zero attached hydrogens (tertiary/aromatic N) is 2. The maximum absolute atomic E-state index is 12.2. The van der Waals surface area contributed by atoms with Crippen molar-refractivity contribution in [1.29, 1.82) is 0 Å². The summed E-state index contributed by atoms with van der Waals surface area (Å²) < 4.78 is 51.8. The van der Waals surface area contributed by atoms with Gasteiger partial charge in [0.15, 0.2) is 0 Å². The molecule has 1 fully saturated rings. The van der Waals surface area contributed by atoms with E-state index in [1.54, 1.807) is 18.5 Å². The van der Waals surface area contributed by atoms with Gasteiger partial charge in [-0.1, -0.05) is 18.2 Å². The second kappa shape index (κ2) is 10.2. The van der Waals surface area contributed by atoms with Gasteiger partial charge < -0.3 is 24.2 Å². The molecule has 0 saturated carbocycles. The number of ether oxygens (including phenoxy) is 3. The van der Waals surface area contributed by atoms with E-state index in [2.05, 4.69) is 14.6 Å². The van der Waals surface area contributed by atoms with Gasteiger partial charge in [0.2, 0.25) is 0 Å². The minimum atomic E-state index is -4.73. The molecule has 2 aromatic rings. The molecule has 1 aromatic carbocycles. The third-order valence-electron chi connectivity index (χ3n) is 4.49. The van der Waals surface area contributed by atoms with Crippen LogP contribution in [0.15, 0.2) is 54.9 Å². The van der Waals surface area contributed by atoms with E-state index >= 15 is 0 Å². The number of aliphatic carboxylic acids is 1. The first kappa shape index (κ1) is 22.4. The van der Waals surface area contributed by atoms with E-state index in [1.165, 1.54) is 24.3 Å². The second-order valence-electron chi connectivity index (χ2n) is 6.76. The zero-order valence-electron chi connectivity index (χ0n) is 16.4. The number of benzene rings is 1. The Morgan fingerprint density at radius 3 is 2.74 bits per heavy atom. The van der Waals surface area contributed by atoms with Crippen LogP contribution in [0.3, 0.4) is 0 Å². The van der Waals surface area contributed by atoms with Crippen molar-refractivity contribution in [2.45, 2.75) is 25.4 Å². The van der Waals surface area contributed by atoms with E-state index in [-0.39, 0.29) is 18.4 Å². The topological polar surface area (TPSA) is 81.1 Å². The first-order valence-electron chi connectivity index (χ1n) is 9.46. The lowest BCUT2D eigenvalue weighted by Crippen LogP contribution is -2.45. The number of alkyl halides is 3. The Hall–Kier alpha value is -3.27. The quantitative estimate of drug-likeness (QED) is 0.628. The molecule has 1 atom stereocenters. The number of aromatic nitrogens is 1. The minimum absolute atomic E-state index is 0.0393. The molecule has 0 amide bonds. The molecule has 1 N–H and O–H groups in total. The zero-order chi connectivity index (χ0) is 22.3. The molecule has 166 valence electrons. The van der Waals surface area contributed by atoms with Crippen LogP contribution in [0.2, 0.25) is 0 Å². The highest BCUT2D eigenvalue weighted by Crippen LogP contribution is 2.26. The summed E-state index contributed by atoms with van der Waals surface area (Å²) in [6.07, 6.45) is 1.71. The van der Waals surface area contributed by atoms with Crippen molar-refractivity contribution in [2.75, 3.05) is 24.7 Å². The van der Waals surface area contributed by atoms with Crippen LogP contribution < -0.4 is 14.4 Å². The van der Waals surface area contributed by atoms with Crippen molar-refractivity contribution < 1.29 is 37.3 Å². The largest absolute Gasteiger partial charge is 0.573 e. The van der Waals surface area contributed by atoms with E-state index in [1.807, 2.05) is 6.07 Å². The van der Waals surface area contributed by atoms with Gasteiger partial charge >= 0.3 is 12.3 Å². The van der Waals surface area contributed by atoms with E-state index < -0.39 is 12.3 Å². The molecule has 1 saturated heterocycles. The van der Waals surface area contributed by atoms with Gasteiger partial charge in [-0.3, -0.25) is 4.98 Å². The number of carboxylic acid groups (broad SMARTS) is 1. The summed E-state index contributed by atoms with van der Waals surface area (Å²) in [5.41, 5.74) is 1.48. The van der Waals surface area contributed by atoms with Gasteiger partial charge in [-0.25, -0.2) is 4.79 Å². The number of carboxylic acids is 1. The predicted molar refractivity (Wildman–Crippen MR) is 105 cm³/mol. The summed E-state index contributed by atoms with van der Waals surface area (Å²) in [5.74, 6) is -0.798. The maximum atomic E-state index is 12.2. The number of morpholine rings is 1. The van der Waals surface area contributed by atoms with Gasteiger partial charge in [-0.15, -0.1) is 13.2 Å². The Kier molecular flexibility index (Phi) is 7.35. The first-order valence-corrected chi connectivity index (χ1v) is 9.46. The van der Waals surface area contributed by atoms with Gasteiger partial charge in [0.05, 0.1) is 37.3 Å². The van der Waals surface area contributed by atoms with E-state index in [0.717, 1.165) is 11.8 Å². The second-order valence-corrected chi connectivity index (χ2v) is 6.76. The van der Waals surface area contributed by atoms with Crippen LogP contribution in [0.5, 0.6) is 11.5 Å².